The Morgan fingerprint density at radius 2 is 1.50 bits per heavy atom. The van der Waals surface area contributed by atoms with Crippen LogP contribution in [0.2, 0.25) is 0 Å². The summed E-state index contributed by atoms with van der Waals surface area (Å²) in [5.41, 5.74) is 2.17. The van der Waals surface area contributed by atoms with Crippen molar-refractivity contribution in [3.8, 4) is 22.8 Å². The number of cyclic esters (lactones) is 1. The summed E-state index contributed by atoms with van der Waals surface area (Å²) < 4.78 is 7.52. The summed E-state index contributed by atoms with van der Waals surface area (Å²) >= 11 is 0. The molecule has 32 heavy (non-hydrogen) atoms. The van der Waals surface area contributed by atoms with Gasteiger partial charge in [-0.05, 0) is 43.3 Å². The average molecular weight is 427 g/mol. The minimum absolute atomic E-state index is 0.0405. The number of esters is 1. The molecule has 0 saturated carbocycles. The molecule has 5 rings (SSSR count). The molecule has 1 fully saturated rings. The number of carbonyl (C=O) groups excluding carboxylic acids is 2. The summed E-state index contributed by atoms with van der Waals surface area (Å²) in [5, 5.41) is 16.6. The lowest BCUT2D eigenvalue weighted by atomic mass is 10.2. The van der Waals surface area contributed by atoms with Crippen LogP contribution in [0.1, 0.15) is 24.0 Å². The fraction of sp³-hybridized carbons (Fsp3) is 0.120. The summed E-state index contributed by atoms with van der Waals surface area (Å²) in [6.07, 6.45) is 0.803. The van der Waals surface area contributed by atoms with Crippen molar-refractivity contribution in [1.29, 1.82) is 0 Å². The predicted molar refractivity (Wildman–Crippen MR) is 115 cm³/mol. The van der Waals surface area contributed by atoms with Gasteiger partial charge in [0.15, 0.2) is 0 Å². The van der Waals surface area contributed by atoms with Crippen molar-refractivity contribution in [1.82, 2.24) is 9.78 Å². The summed E-state index contributed by atoms with van der Waals surface area (Å²) in [6.45, 7) is 1.88. The van der Waals surface area contributed by atoms with Crippen LogP contribution in [-0.4, -0.2) is 27.8 Å². The van der Waals surface area contributed by atoms with E-state index < -0.39 is 5.97 Å². The number of aromatic carboxylic acids is 1. The van der Waals surface area contributed by atoms with Gasteiger partial charge in [-0.15, -0.1) is 0 Å². The molecule has 0 N–H and O–H groups in total. The van der Waals surface area contributed by atoms with Gasteiger partial charge >= 0.3 is 11.8 Å². The number of rotatable bonds is 4. The van der Waals surface area contributed by atoms with Crippen LogP contribution in [0.5, 0.6) is 0 Å². The number of benzene rings is 3. The Hall–Kier alpha value is -4.26. The van der Waals surface area contributed by atoms with Gasteiger partial charge in [-0.25, -0.2) is 0 Å². The van der Waals surface area contributed by atoms with Gasteiger partial charge in [-0.2, -0.15) is 4.57 Å². The molecule has 2 heterocycles. The largest absolute Gasteiger partial charge is 0.539 e. The van der Waals surface area contributed by atoms with Crippen LogP contribution in [0, 0.1) is 0 Å². The topological polar surface area (TPSA) is 88.1 Å². The Bertz CT molecular complexity index is 1210. The molecule has 1 aliphatic rings. The van der Waals surface area contributed by atoms with Crippen molar-refractivity contribution >= 4 is 11.9 Å². The molecule has 7 nitrogen and oxygen atoms in total. The van der Waals surface area contributed by atoms with Crippen LogP contribution in [0.25, 0.3) is 22.8 Å². The van der Waals surface area contributed by atoms with E-state index in [0.29, 0.717) is 23.6 Å². The molecule has 0 spiro atoms. The third-order valence-corrected chi connectivity index (χ3v) is 4.84. The number of ether oxygens (including phenoxy) is 1. The van der Waals surface area contributed by atoms with E-state index in [1.54, 1.807) is 4.57 Å². The molecule has 0 bridgehead atoms. The van der Waals surface area contributed by atoms with Gasteiger partial charge in [0.2, 0.25) is 0 Å². The molecule has 0 aliphatic carbocycles. The minimum atomic E-state index is -1.30. The molecular weight excluding hydrogens is 406 g/mol. The number of aromatic nitrogens is 3. The first-order valence-electron chi connectivity index (χ1n) is 10.2. The Labute approximate surface area is 185 Å². The maximum Gasteiger partial charge on any atom is 0.314 e. The van der Waals surface area contributed by atoms with Crippen molar-refractivity contribution in [2.75, 3.05) is 0 Å². The molecule has 160 valence electrons. The Morgan fingerprint density at radius 3 is 1.97 bits per heavy atom. The van der Waals surface area contributed by atoms with Gasteiger partial charge in [0.05, 0.1) is 17.1 Å². The summed E-state index contributed by atoms with van der Waals surface area (Å²) in [5.74, 6) is -0.879. The van der Waals surface area contributed by atoms with Gasteiger partial charge in [0.1, 0.15) is 23.4 Å². The maximum atomic E-state index is 12.0. The highest BCUT2D eigenvalue weighted by Gasteiger charge is 2.30. The molecule has 1 aromatic heterocycles. The lowest BCUT2D eigenvalue weighted by Gasteiger charge is -2.20. The van der Waals surface area contributed by atoms with Gasteiger partial charge < -0.3 is 14.6 Å². The number of carboxylic acids is 1. The molecule has 1 saturated heterocycles. The standard InChI is InChI=1S/C21H15N3O2.C4H6O2/c25-21(26)20-23(17-12-6-2-7-13-17)19(16-10-4-1-5-11-16)22-24(20)18-14-8-3-9-15-18;1-3-2-4(5)6-3/h1-15H;3H,2H2,1H3. The third-order valence-electron chi connectivity index (χ3n) is 4.84. The van der Waals surface area contributed by atoms with Gasteiger partial charge in [0.25, 0.3) is 5.82 Å². The van der Waals surface area contributed by atoms with Crippen LogP contribution in [0.3, 0.4) is 0 Å². The van der Waals surface area contributed by atoms with Crippen molar-refractivity contribution in [2.45, 2.75) is 19.4 Å². The SMILES string of the molecule is CC1CC(=O)O1.O=C([O-])c1n(-c2ccccc2)nc(-c2ccccc2)[n+]1-c1ccccc1. The van der Waals surface area contributed by atoms with Crippen LogP contribution in [0.4, 0.5) is 0 Å². The van der Waals surface area contributed by atoms with E-state index >= 15 is 0 Å². The molecular formula is C25H21N3O4. The van der Waals surface area contributed by atoms with Gasteiger partial charge in [0, 0.05) is 0 Å². The van der Waals surface area contributed by atoms with Crippen LogP contribution in [-0.2, 0) is 9.53 Å². The zero-order valence-corrected chi connectivity index (χ0v) is 17.4. The van der Waals surface area contributed by atoms with E-state index in [9.17, 15) is 14.7 Å². The lowest BCUT2D eigenvalue weighted by molar-refractivity contribution is -0.590. The van der Waals surface area contributed by atoms with Crippen molar-refractivity contribution < 1.29 is 24.0 Å². The zero-order valence-electron chi connectivity index (χ0n) is 17.4. The number of hydrogen-bond donors (Lipinski definition) is 0. The number of hydrogen-bond acceptors (Lipinski definition) is 5. The first kappa shape index (κ1) is 21.0. The average Bonchev–Trinajstić information content (AvgIpc) is 3.22. The number of carbonyl (C=O) groups is 2. The highest BCUT2D eigenvalue weighted by Crippen LogP contribution is 2.19. The molecule has 4 aromatic rings. The second kappa shape index (κ2) is 9.26. The van der Waals surface area contributed by atoms with E-state index in [-0.39, 0.29) is 17.9 Å². The van der Waals surface area contributed by atoms with Gasteiger partial charge in [-0.1, -0.05) is 59.3 Å². The van der Waals surface area contributed by atoms with E-state index in [1.165, 1.54) is 4.68 Å². The summed E-state index contributed by atoms with van der Waals surface area (Å²) in [4.78, 5) is 21.9. The highest BCUT2D eigenvalue weighted by molar-refractivity contribution is 5.81. The first-order chi connectivity index (χ1) is 15.5. The Kier molecular flexibility index (Phi) is 6.07. The minimum Gasteiger partial charge on any atom is -0.539 e. The Balaban J connectivity index is 0.000000354. The molecule has 0 radical (unpaired) electrons. The number of nitrogens with zero attached hydrogens (tertiary/aromatic N) is 3. The molecule has 3 aromatic carbocycles. The number of para-hydroxylation sites is 2. The van der Waals surface area contributed by atoms with Crippen molar-refractivity contribution in [3.63, 3.8) is 0 Å². The fourth-order valence-corrected chi connectivity index (χ4v) is 3.35. The normalized spacial score (nSPS) is 14.5. The Morgan fingerprint density at radius 1 is 0.969 bits per heavy atom. The lowest BCUT2D eigenvalue weighted by Crippen LogP contribution is -2.43. The molecule has 0 amide bonds. The quantitative estimate of drug-likeness (QED) is 0.369. The molecule has 7 heteroatoms. The maximum absolute atomic E-state index is 12.0. The number of carboxylic acid groups (broad SMARTS) is 1. The van der Waals surface area contributed by atoms with Gasteiger partial charge in [-0.3, -0.25) is 4.79 Å². The van der Waals surface area contributed by atoms with Crippen molar-refractivity contribution in [2.24, 2.45) is 0 Å². The summed E-state index contributed by atoms with van der Waals surface area (Å²) in [7, 11) is 0. The highest BCUT2D eigenvalue weighted by atomic mass is 16.6. The smallest absolute Gasteiger partial charge is 0.314 e. The zero-order chi connectivity index (χ0) is 22.5. The molecule has 1 unspecified atom stereocenters. The third kappa shape index (κ3) is 4.41. The second-order valence-electron chi connectivity index (χ2n) is 7.22. The summed E-state index contributed by atoms with van der Waals surface area (Å²) in [6, 6.07) is 27.9. The van der Waals surface area contributed by atoms with E-state index in [4.69, 9.17) is 0 Å². The molecule has 1 atom stereocenters. The molecule has 1 aliphatic heterocycles. The van der Waals surface area contributed by atoms with Crippen LogP contribution in [0.15, 0.2) is 91.0 Å². The second-order valence-corrected chi connectivity index (χ2v) is 7.22. The fourth-order valence-electron chi connectivity index (χ4n) is 3.35. The first-order valence-corrected chi connectivity index (χ1v) is 10.2. The van der Waals surface area contributed by atoms with Crippen LogP contribution >= 0.6 is 0 Å². The van der Waals surface area contributed by atoms with E-state index in [0.717, 1.165) is 5.56 Å². The van der Waals surface area contributed by atoms with E-state index in [2.05, 4.69) is 9.84 Å². The monoisotopic (exact) mass is 427 g/mol. The van der Waals surface area contributed by atoms with Crippen LogP contribution < -0.4 is 9.67 Å². The van der Waals surface area contributed by atoms with Crippen molar-refractivity contribution in [3.05, 3.63) is 96.8 Å². The predicted octanol–water partition coefficient (Wildman–Crippen LogP) is 2.50. The van der Waals surface area contributed by atoms with E-state index in [1.807, 2.05) is 97.9 Å².